The van der Waals surface area contributed by atoms with E-state index in [-0.39, 0.29) is 5.75 Å². The van der Waals surface area contributed by atoms with Crippen LogP contribution in [-0.4, -0.2) is 30.6 Å². The van der Waals surface area contributed by atoms with Crippen molar-refractivity contribution in [2.45, 2.75) is 13.0 Å². The van der Waals surface area contributed by atoms with Gasteiger partial charge in [0.1, 0.15) is 11.6 Å². The smallest absolute Gasteiger partial charge is 0.344 e. The van der Waals surface area contributed by atoms with Gasteiger partial charge in [0.05, 0.1) is 4.47 Å². The van der Waals surface area contributed by atoms with Crippen LogP contribution in [0.4, 0.5) is 9.18 Å². The molecule has 9 heteroatoms. The predicted molar refractivity (Wildman–Crippen MR) is 72.9 cm³/mol. The first kappa shape index (κ1) is 16.9. The fourth-order valence-electron chi connectivity index (χ4n) is 1.24. The van der Waals surface area contributed by atoms with Gasteiger partial charge < -0.3 is 15.2 Å². The highest BCUT2D eigenvalue weighted by molar-refractivity contribution is 9.10. The molecule has 0 heterocycles. The lowest BCUT2D eigenvalue weighted by Gasteiger charge is -2.13. The van der Waals surface area contributed by atoms with E-state index in [2.05, 4.69) is 15.9 Å². The van der Waals surface area contributed by atoms with Gasteiger partial charge in [-0.25, -0.2) is 14.0 Å². The maximum Gasteiger partial charge on any atom is 0.344 e. The Kier molecular flexibility index (Phi) is 6.10. The number of benzene rings is 1. The van der Waals surface area contributed by atoms with E-state index in [1.165, 1.54) is 19.1 Å². The minimum Gasteiger partial charge on any atom is -0.481 e. The van der Waals surface area contributed by atoms with Gasteiger partial charge in [-0.1, -0.05) is 0 Å². The number of urea groups is 1. The van der Waals surface area contributed by atoms with E-state index in [0.29, 0.717) is 4.47 Å². The number of carbonyl (C=O) groups is 3. The Bertz CT molecular complexity index is 567. The zero-order valence-corrected chi connectivity index (χ0v) is 12.5. The van der Waals surface area contributed by atoms with E-state index in [4.69, 9.17) is 15.2 Å². The fourth-order valence-corrected chi connectivity index (χ4v) is 1.70. The molecule has 114 valence electrons. The van der Waals surface area contributed by atoms with E-state index in [9.17, 15) is 18.8 Å². The topological polar surface area (TPSA) is 108 Å². The fraction of sp³-hybridized carbons (Fsp3) is 0.250. The molecule has 1 aromatic carbocycles. The van der Waals surface area contributed by atoms with Crippen LogP contribution in [-0.2, 0) is 14.3 Å². The summed E-state index contributed by atoms with van der Waals surface area (Å²) in [6.07, 6.45) is -1.20. The molecule has 0 saturated heterocycles. The first-order valence-corrected chi connectivity index (χ1v) is 6.46. The van der Waals surface area contributed by atoms with Crippen LogP contribution in [0.25, 0.3) is 0 Å². The highest BCUT2D eigenvalue weighted by Gasteiger charge is 2.19. The maximum absolute atomic E-state index is 12.9. The minimum absolute atomic E-state index is 0.239. The molecule has 21 heavy (non-hydrogen) atoms. The Morgan fingerprint density at radius 1 is 1.43 bits per heavy atom. The van der Waals surface area contributed by atoms with Gasteiger partial charge in [-0.3, -0.25) is 10.1 Å². The third-order valence-corrected chi connectivity index (χ3v) is 2.78. The zero-order chi connectivity index (χ0) is 16.0. The Labute approximate surface area is 127 Å². The largest absolute Gasteiger partial charge is 0.481 e. The summed E-state index contributed by atoms with van der Waals surface area (Å²) in [5.74, 6) is -1.91. The van der Waals surface area contributed by atoms with Crippen molar-refractivity contribution in [2.24, 2.45) is 5.73 Å². The molecule has 0 saturated carbocycles. The maximum atomic E-state index is 12.9. The number of carbonyl (C=O) groups excluding carboxylic acids is 3. The molecule has 3 N–H and O–H groups in total. The number of hydrogen-bond donors (Lipinski definition) is 2. The lowest BCUT2D eigenvalue weighted by Crippen LogP contribution is -2.42. The van der Waals surface area contributed by atoms with Crippen molar-refractivity contribution >= 4 is 33.8 Å². The molecule has 0 unspecified atom stereocenters. The molecule has 1 rings (SSSR count). The molecule has 0 aliphatic carbocycles. The standard InChI is InChI=1S/C12H12BrFN2O5/c1-6(11(18)16-12(15)19)21-10(17)5-20-9-3-2-7(14)4-8(9)13/h2-4,6H,5H2,1H3,(H3,15,16,18,19)/t6-/m0/s1. The highest BCUT2D eigenvalue weighted by Crippen LogP contribution is 2.25. The lowest BCUT2D eigenvalue weighted by molar-refractivity contribution is -0.156. The van der Waals surface area contributed by atoms with Crippen LogP contribution in [0.1, 0.15) is 6.92 Å². The second-order valence-electron chi connectivity index (χ2n) is 3.85. The molecule has 1 aromatic rings. The average molecular weight is 363 g/mol. The zero-order valence-electron chi connectivity index (χ0n) is 10.9. The number of nitrogens with one attached hydrogen (secondary N) is 1. The van der Waals surface area contributed by atoms with Gasteiger partial charge in [0.25, 0.3) is 5.91 Å². The van der Waals surface area contributed by atoms with E-state index in [1.54, 1.807) is 5.32 Å². The van der Waals surface area contributed by atoms with Gasteiger partial charge in [-0.15, -0.1) is 0 Å². The van der Waals surface area contributed by atoms with E-state index in [1.807, 2.05) is 0 Å². The van der Waals surface area contributed by atoms with Crippen LogP contribution in [0.15, 0.2) is 22.7 Å². The molecular formula is C12H12BrFN2O5. The van der Waals surface area contributed by atoms with Crippen LogP contribution in [0.5, 0.6) is 5.75 Å². The van der Waals surface area contributed by atoms with Gasteiger partial charge in [0, 0.05) is 0 Å². The third kappa shape index (κ3) is 5.78. The molecule has 7 nitrogen and oxygen atoms in total. The summed E-state index contributed by atoms with van der Waals surface area (Å²) in [7, 11) is 0. The van der Waals surface area contributed by atoms with E-state index >= 15 is 0 Å². The predicted octanol–water partition coefficient (Wildman–Crippen LogP) is 1.09. The minimum atomic E-state index is -1.20. The summed E-state index contributed by atoms with van der Waals surface area (Å²) in [4.78, 5) is 33.2. The second kappa shape index (κ2) is 7.58. The number of hydrogen-bond acceptors (Lipinski definition) is 5. The van der Waals surface area contributed by atoms with Crippen LogP contribution in [0, 0.1) is 5.82 Å². The lowest BCUT2D eigenvalue weighted by atomic mass is 10.3. The summed E-state index contributed by atoms with van der Waals surface area (Å²) < 4.78 is 23.0. The van der Waals surface area contributed by atoms with Crippen molar-refractivity contribution < 1.29 is 28.2 Å². The Morgan fingerprint density at radius 2 is 2.10 bits per heavy atom. The Balaban J connectivity index is 2.47. The number of halogens is 2. The summed E-state index contributed by atoms with van der Waals surface area (Å²) in [5.41, 5.74) is 4.75. The Morgan fingerprint density at radius 3 is 2.67 bits per heavy atom. The van der Waals surface area contributed by atoms with Crippen LogP contribution in [0.2, 0.25) is 0 Å². The summed E-state index contributed by atoms with van der Waals surface area (Å²) in [6.45, 7) is 0.780. The van der Waals surface area contributed by atoms with Crippen molar-refractivity contribution in [3.8, 4) is 5.75 Å². The van der Waals surface area contributed by atoms with Crippen molar-refractivity contribution in [3.05, 3.63) is 28.5 Å². The van der Waals surface area contributed by atoms with Gasteiger partial charge in [0.2, 0.25) is 0 Å². The molecule has 0 radical (unpaired) electrons. The number of ether oxygens (including phenoxy) is 2. The van der Waals surface area contributed by atoms with Gasteiger partial charge >= 0.3 is 12.0 Å². The number of amides is 3. The third-order valence-electron chi connectivity index (χ3n) is 2.16. The summed E-state index contributed by atoms with van der Waals surface area (Å²) >= 11 is 3.07. The van der Waals surface area contributed by atoms with E-state index < -0.39 is 36.4 Å². The molecular weight excluding hydrogens is 351 g/mol. The normalized spacial score (nSPS) is 11.4. The monoisotopic (exact) mass is 362 g/mol. The molecule has 0 bridgehead atoms. The average Bonchev–Trinajstić information content (AvgIpc) is 2.36. The number of imide groups is 1. The van der Waals surface area contributed by atoms with E-state index in [0.717, 1.165) is 6.07 Å². The molecule has 0 aromatic heterocycles. The molecule has 0 fully saturated rings. The van der Waals surface area contributed by atoms with Crippen molar-refractivity contribution in [3.63, 3.8) is 0 Å². The quantitative estimate of drug-likeness (QED) is 0.762. The first-order chi connectivity index (χ1) is 9.79. The van der Waals surface area contributed by atoms with Gasteiger partial charge in [-0.2, -0.15) is 0 Å². The second-order valence-corrected chi connectivity index (χ2v) is 4.70. The molecule has 0 aliphatic heterocycles. The van der Waals surface area contributed by atoms with Crippen molar-refractivity contribution in [1.82, 2.24) is 5.32 Å². The number of nitrogens with two attached hydrogens (primary N) is 1. The van der Waals surface area contributed by atoms with Gasteiger partial charge in [0.15, 0.2) is 12.7 Å². The summed E-state index contributed by atoms with van der Waals surface area (Å²) in [5, 5.41) is 1.77. The van der Waals surface area contributed by atoms with Gasteiger partial charge in [-0.05, 0) is 41.1 Å². The number of rotatable bonds is 5. The SMILES string of the molecule is C[C@H](OC(=O)COc1ccc(F)cc1Br)C(=O)NC(N)=O. The Hall–Kier alpha value is -2.16. The summed E-state index contributed by atoms with van der Waals surface area (Å²) in [6, 6.07) is 2.61. The van der Waals surface area contributed by atoms with Crippen LogP contribution < -0.4 is 15.8 Å². The molecule has 1 atom stereocenters. The van der Waals surface area contributed by atoms with Crippen LogP contribution in [0.3, 0.4) is 0 Å². The number of esters is 1. The first-order valence-electron chi connectivity index (χ1n) is 5.67. The number of primary amides is 1. The highest BCUT2D eigenvalue weighted by atomic mass is 79.9. The van der Waals surface area contributed by atoms with Crippen LogP contribution >= 0.6 is 15.9 Å². The molecule has 0 spiro atoms. The molecule has 3 amide bonds. The van der Waals surface area contributed by atoms with Crippen molar-refractivity contribution in [2.75, 3.05) is 6.61 Å². The van der Waals surface area contributed by atoms with Crippen molar-refractivity contribution in [1.29, 1.82) is 0 Å². The molecule has 0 aliphatic rings.